The van der Waals surface area contributed by atoms with E-state index >= 15 is 0 Å². The van der Waals surface area contributed by atoms with Gasteiger partial charge in [-0.25, -0.2) is 4.79 Å². The normalized spacial score (nSPS) is 16.0. The Morgan fingerprint density at radius 2 is 1.53 bits per heavy atom. The third-order valence-corrected chi connectivity index (χ3v) is 6.20. The average molecular weight is 422 g/mol. The van der Waals surface area contributed by atoms with Crippen LogP contribution in [0.2, 0.25) is 0 Å². The average Bonchev–Trinajstić information content (AvgIpc) is 3.13. The fourth-order valence-electron chi connectivity index (χ4n) is 4.39. The van der Waals surface area contributed by atoms with Crippen molar-refractivity contribution >= 4 is 11.9 Å². The Kier molecular flexibility index (Phi) is 14.6. The van der Waals surface area contributed by atoms with Crippen molar-refractivity contribution in [2.45, 2.75) is 136 Å². The van der Waals surface area contributed by atoms with Crippen molar-refractivity contribution in [1.82, 2.24) is 4.90 Å². The van der Waals surface area contributed by atoms with Crippen LogP contribution in [-0.2, 0) is 14.3 Å². The van der Waals surface area contributed by atoms with E-state index < -0.39 is 0 Å². The number of rotatable bonds is 18. The van der Waals surface area contributed by atoms with Gasteiger partial charge in [-0.1, -0.05) is 90.6 Å². The maximum Gasteiger partial charge on any atom is 0.333 e. The van der Waals surface area contributed by atoms with Gasteiger partial charge < -0.3 is 9.64 Å². The van der Waals surface area contributed by atoms with Gasteiger partial charge in [-0.05, 0) is 26.7 Å². The van der Waals surface area contributed by atoms with Gasteiger partial charge in [0.1, 0.15) is 6.10 Å². The number of carbonyl (C=O) groups is 2. The number of nitrogens with zero attached hydrogens (tertiary/aromatic N) is 1. The summed E-state index contributed by atoms with van der Waals surface area (Å²) >= 11 is 0. The highest BCUT2D eigenvalue weighted by Crippen LogP contribution is 2.23. The molecule has 2 unspecified atom stereocenters. The first-order valence-electron chi connectivity index (χ1n) is 12.6. The van der Waals surface area contributed by atoms with Crippen LogP contribution < -0.4 is 0 Å². The summed E-state index contributed by atoms with van der Waals surface area (Å²) in [5.74, 6) is -0.0725. The first kappa shape index (κ1) is 26.7. The molecule has 2 atom stereocenters. The van der Waals surface area contributed by atoms with E-state index in [2.05, 4.69) is 13.5 Å². The molecule has 0 bridgehead atoms. The smallest absolute Gasteiger partial charge is 0.333 e. The maximum absolute atomic E-state index is 12.3. The summed E-state index contributed by atoms with van der Waals surface area (Å²) in [6, 6.07) is 0.191. The number of hydrogen-bond donors (Lipinski definition) is 0. The molecule has 1 amide bonds. The number of hydrogen-bond acceptors (Lipinski definition) is 3. The molecule has 1 heterocycles. The molecule has 0 radical (unpaired) electrons. The van der Waals surface area contributed by atoms with Crippen LogP contribution in [0.4, 0.5) is 0 Å². The minimum absolute atomic E-state index is 0.190. The van der Waals surface area contributed by atoms with Crippen molar-refractivity contribution in [3.8, 4) is 0 Å². The van der Waals surface area contributed by atoms with Crippen LogP contribution in [0.5, 0.6) is 0 Å². The Bertz CT molecular complexity index is 503. The number of carbonyl (C=O) groups excluding carboxylic acids is 2. The van der Waals surface area contributed by atoms with Gasteiger partial charge in [0.15, 0.2) is 0 Å². The van der Waals surface area contributed by atoms with E-state index in [0.717, 1.165) is 32.2 Å². The van der Waals surface area contributed by atoms with Crippen molar-refractivity contribution in [3.05, 3.63) is 12.2 Å². The van der Waals surface area contributed by atoms with Gasteiger partial charge >= 0.3 is 5.97 Å². The van der Waals surface area contributed by atoms with Gasteiger partial charge in [0.25, 0.3) is 0 Å². The molecule has 0 aromatic heterocycles. The molecule has 0 aliphatic carbocycles. The predicted octanol–water partition coefficient (Wildman–Crippen LogP) is 6.97. The summed E-state index contributed by atoms with van der Waals surface area (Å²) in [4.78, 5) is 26.1. The van der Waals surface area contributed by atoms with Crippen LogP contribution in [0.1, 0.15) is 124 Å². The van der Waals surface area contributed by atoms with Crippen molar-refractivity contribution in [1.29, 1.82) is 0 Å². The van der Waals surface area contributed by atoms with Crippen LogP contribution in [0.3, 0.4) is 0 Å². The van der Waals surface area contributed by atoms with Crippen LogP contribution in [0.15, 0.2) is 12.2 Å². The molecule has 1 aliphatic rings. The maximum atomic E-state index is 12.3. The molecule has 1 fully saturated rings. The lowest BCUT2D eigenvalue weighted by Crippen LogP contribution is -2.39. The van der Waals surface area contributed by atoms with Crippen LogP contribution in [0, 0.1) is 0 Å². The Hall–Kier alpha value is -1.32. The second kappa shape index (κ2) is 16.4. The Balaban J connectivity index is 2.21. The van der Waals surface area contributed by atoms with Gasteiger partial charge in [-0.2, -0.15) is 0 Å². The SMILES string of the molecule is C=C(C)C(=O)OC(C)CC(CCCCCCCCCCCCCC)N1CCCC1=O. The third kappa shape index (κ3) is 11.8. The summed E-state index contributed by atoms with van der Waals surface area (Å²) in [5, 5.41) is 0. The van der Waals surface area contributed by atoms with E-state index in [0.29, 0.717) is 12.0 Å². The molecule has 30 heavy (non-hydrogen) atoms. The standard InChI is InChI=1S/C26H47NO3/c1-5-6-7-8-9-10-11-12-13-14-15-16-18-24(27-20-17-19-25(27)28)21-23(4)30-26(29)22(2)3/h23-24H,2,5-21H2,1,3-4H3. The molecule has 1 rings (SSSR count). The van der Waals surface area contributed by atoms with Gasteiger partial charge in [0, 0.05) is 31.0 Å². The largest absolute Gasteiger partial charge is 0.459 e. The summed E-state index contributed by atoms with van der Waals surface area (Å²) in [6.45, 7) is 10.4. The lowest BCUT2D eigenvalue weighted by atomic mass is 9.99. The monoisotopic (exact) mass is 421 g/mol. The molecular weight excluding hydrogens is 374 g/mol. The summed E-state index contributed by atoms with van der Waals surface area (Å²) in [6.07, 6.45) is 19.2. The predicted molar refractivity (Wildman–Crippen MR) is 125 cm³/mol. The fourth-order valence-corrected chi connectivity index (χ4v) is 4.39. The zero-order valence-electron chi connectivity index (χ0n) is 20.1. The van der Waals surface area contributed by atoms with Crippen LogP contribution in [-0.4, -0.2) is 35.5 Å². The minimum Gasteiger partial charge on any atom is -0.459 e. The first-order valence-corrected chi connectivity index (χ1v) is 12.6. The molecule has 0 spiro atoms. The van der Waals surface area contributed by atoms with Crippen molar-refractivity contribution in [3.63, 3.8) is 0 Å². The number of unbranched alkanes of at least 4 members (excludes halogenated alkanes) is 11. The van der Waals surface area contributed by atoms with E-state index in [9.17, 15) is 9.59 Å². The molecular formula is C26H47NO3. The second-order valence-corrected chi connectivity index (χ2v) is 9.25. The van der Waals surface area contributed by atoms with Gasteiger partial charge in [0.05, 0.1) is 0 Å². The highest BCUT2D eigenvalue weighted by molar-refractivity contribution is 5.87. The quantitative estimate of drug-likeness (QED) is 0.136. The van der Waals surface area contributed by atoms with E-state index in [-0.39, 0.29) is 24.0 Å². The highest BCUT2D eigenvalue weighted by Gasteiger charge is 2.29. The third-order valence-electron chi connectivity index (χ3n) is 6.20. The van der Waals surface area contributed by atoms with Gasteiger partial charge in [-0.3, -0.25) is 4.79 Å². The van der Waals surface area contributed by atoms with Crippen molar-refractivity contribution < 1.29 is 14.3 Å². The van der Waals surface area contributed by atoms with E-state index in [1.54, 1.807) is 6.92 Å². The number of esters is 1. The minimum atomic E-state index is -0.334. The lowest BCUT2D eigenvalue weighted by molar-refractivity contribution is -0.144. The summed E-state index contributed by atoms with van der Waals surface area (Å²) < 4.78 is 5.47. The summed E-state index contributed by atoms with van der Waals surface area (Å²) in [7, 11) is 0. The van der Waals surface area contributed by atoms with Crippen molar-refractivity contribution in [2.75, 3.05) is 6.54 Å². The molecule has 1 aliphatic heterocycles. The molecule has 0 saturated carbocycles. The fraction of sp³-hybridized carbons (Fsp3) is 0.846. The molecule has 0 N–H and O–H groups in total. The van der Waals surface area contributed by atoms with Crippen LogP contribution >= 0.6 is 0 Å². The molecule has 0 aromatic carbocycles. The van der Waals surface area contributed by atoms with E-state index in [1.807, 2.05) is 11.8 Å². The highest BCUT2D eigenvalue weighted by atomic mass is 16.5. The Morgan fingerprint density at radius 1 is 1.00 bits per heavy atom. The topological polar surface area (TPSA) is 46.6 Å². The number of ether oxygens (including phenoxy) is 1. The second-order valence-electron chi connectivity index (χ2n) is 9.25. The molecule has 0 aromatic rings. The summed E-state index contributed by atoms with van der Waals surface area (Å²) in [5.41, 5.74) is 0.427. The number of amides is 1. The molecule has 4 heteroatoms. The first-order chi connectivity index (χ1) is 14.5. The molecule has 4 nitrogen and oxygen atoms in total. The molecule has 174 valence electrons. The van der Waals surface area contributed by atoms with Gasteiger partial charge in [0.2, 0.25) is 5.91 Å². The zero-order valence-corrected chi connectivity index (χ0v) is 20.1. The Morgan fingerprint density at radius 3 is 2.00 bits per heavy atom. The zero-order chi connectivity index (χ0) is 22.2. The van der Waals surface area contributed by atoms with E-state index in [4.69, 9.17) is 4.74 Å². The number of likely N-dealkylation sites (tertiary alicyclic amines) is 1. The van der Waals surface area contributed by atoms with E-state index in [1.165, 1.54) is 70.6 Å². The Labute approximate surface area is 185 Å². The van der Waals surface area contributed by atoms with Crippen LogP contribution in [0.25, 0.3) is 0 Å². The van der Waals surface area contributed by atoms with Gasteiger partial charge in [-0.15, -0.1) is 0 Å². The van der Waals surface area contributed by atoms with Crippen molar-refractivity contribution in [2.24, 2.45) is 0 Å². The lowest BCUT2D eigenvalue weighted by Gasteiger charge is -2.30. The molecule has 1 saturated heterocycles.